The van der Waals surface area contributed by atoms with Gasteiger partial charge in [-0.1, -0.05) is 0 Å². The first-order valence-electron chi connectivity index (χ1n) is 8.24. The number of pyridine rings is 1. The highest BCUT2D eigenvalue weighted by Crippen LogP contribution is 2.35. The molecule has 3 aromatic rings. The minimum absolute atomic E-state index is 0.143. The Bertz CT molecular complexity index is 1040. The molecule has 0 aromatic carbocycles. The van der Waals surface area contributed by atoms with E-state index in [4.69, 9.17) is 5.73 Å². The molecule has 7 nitrogen and oxygen atoms in total. The fraction of sp³-hybridized carbons (Fsp3) is 0.294. The number of thiophene rings is 1. The van der Waals surface area contributed by atoms with E-state index in [1.165, 1.54) is 11.3 Å². The lowest BCUT2D eigenvalue weighted by Gasteiger charge is -2.41. The number of carbonyl (C=O) groups is 1. The number of carbonyl (C=O) groups excluding carboxylic acids is 1. The Morgan fingerprint density at radius 3 is 2.59 bits per heavy atom. The number of aryl methyl sites for hydroxylation is 2. The average Bonchev–Trinajstić information content (AvgIpc) is 2.90. The van der Waals surface area contributed by atoms with E-state index in [0.29, 0.717) is 34.2 Å². The van der Waals surface area contributed by atoms with Crippen molar-refractivity contribution in [3.8, 4) is 0 Å². The molecule has 1 aliphatic heterocycles. The van der Waals surface area contributed by atoms with Gasteiger partial charge < -0.3 is 16.0 Å². The van der Waals surface area contributed by atoms with Crippen LogP contribution in [0.25, 0.3) is 10.2 Å². The summed E-state index contributed by atoms with van der Waals surface area (Å²) in [5.41, 5.74) is 8.65. The fourth-order valence-electron chi connectivity index (χ4n) is 3.08. The highest BCUT2D eigenvalue weighted by molar-refractivity contribution is 7.21. The predicted molar refractivity (Wildman–Crippen MR) is 98.9 cm³/mol. The summed E-state index contributed by atoms with van der Waals surface area (Å²) < 4.78 is 26.4. The number of aromatic nitrogens is 3. The summed E-state index contributed by atoms with van der Waals surface area (Å²) in [6, 6.07) is 2.18. The normalized spacial score (nSPS) is 14.4. The van der Waals surface area contributed by atoms with Gasteiger partial charge in [0.25, 0.3) is 5.91 Å². The van der Waals surface area contributed by atoms with E-state index in [9.17, 15) is 13.6 Å². The van der Waals surface area contributed by atoms with Gasteiger partial charge in [0.05, 0.1) is 17.4 Å². The molecule has 10 heteroatoms. The number of rotatable bonds is 3. The largest absolute Gasteiger partial charge is 0.397 e. The van der Waals surface area contributed by atoms with E-state index in [1.54, 1.807) is 4.90 Å². The number of halogens is 2. The van der Waals surface area contributed by atoms with Crippen LogP contribution in [0.15, 0.2) is 12.1 Å². The van der Waals surface area contributed by atoms with E-state index in [0.717, 1.165) is 28.8 Å². The van der Waals surface area contributed by atoms with Crippen LogP contribution in [0.3, 0.4) is 0 Å². The lowest BCUT2D eigenvalue weighted by atomic mass is 10.1. The molecule has 1 aliphatic rings. The molecule has 0 radical (unpaired) electrons. The number of hydrogen-bond acceptors (Lipinski definition) is 7. The van der Waals surface area contributed by atoms with Crippen molar-refractivity contribution in [3.05, 3.63) is 40.2 Å². The Morgan fingerprint density at radius 1 is 1.26 bits per heavy atom. The molecule has 140 valence electrons. The molecular formula is C17H16F2N6OS. The van der Waals surface area contributed by atoms with E-state index in [1.807, 2.05) is 13.8 Å². The van der Waals surface area contributed by atoms with Crippen molar-refractivity contribution in [2.45, 2.75) is 19.9 Å². The van der Waals surface area contributed by atoms with Crippen LogP contribution < -0.4 is 16.0 Å². The summed E-state index contributed by atoms with van der Waals surface area (Å²) in [6.07, 6.45) is 0. The molecule has 27 heavy (non-hydrogen) atoms. The third kappa shape index (κ3) is 3.05. The molecule has 1 fully saturated rings. The molecule has 4 rings (SSSR count). The average molecular weight is 390 g/mol. The number of nitrogens with one attached hydrogen (secondary N) is 1. The third-order valence-corrected chi connectivity index (χ3v) is 5.76. The molecule has 0 unspecified atom stereocenters. The summed E-state index contributed by atoms with van der Waals surface area (Å²) in [5.74, 6) is -2.03. The first-order valence-corrected chi connectivity index (χ1v) is 9.06. The van der Waals surface area contributed by atoms with Crippen LogP contribution in [0.2, 0.25) is 0 Å². The van der Waals surface area contributed by atoms with Crippen molar-refractivity contribution < 1.29 is 13.6 Å². The maximum Gasteiger partial charge on any atom is 0.263 e. The van der Waals surface area contributed by atoms with E-state index in [-0.39, 0.29) is 11.9 Å². The van der Waals surface area contributed by atoms with Crippen molar-refractivity contribution in [3.63, 3.8) is 0 Å². The number of nitrogens with two attached hydrogens (primary N) is 1. The molecular weight excluding hydrogens is 374 g/mol. The van der Waals surface area contributed by atoms with E-state index < -0.39 is 11.9 Å². The minimum atomic E-state index is -0.873. The first kappa shape index (κ1) is 17.5. The SMILES string of the molecule is Cc1nnc2sc(C(=O)NC3CN(c4cc(F)nc(F)c4)C3)c(N)c2c1C. The zero-order chi connectivity index (χ0) is 19.3. The van der Waals surface area contributed by atoms with Crippen LogP contribution >= 0.6 is 11.3 Å². The molecule has 4 heterocycles. The van der Waals surface area contributed by atoms with Crippen molar-refractivity contribution >= 4 is 38.8 Å². The fourth-order valence-corrected chi connectivity index (χ4v) is 4.08. The van der Waals surface area contributed by atoms with Crippen LogP contribution in [-0.4, -0.2) is 40.2 Å². The summed E-state index contributed by atoms with van der Waals surface area (Å²) >= 11 is 1.20. The number of fused-ring (bicyclic) bond motifs is 1. The summed E-state index contributed by atoms with van der Waals surface area (Å²) in [6.45, 7) is 4.62. The molecule has 0 spiro atoms. The Balaban J connectivity index is 1.47. The topological polar surface area (TPSA) is 97.0 Å². The molecule has 0 saturated carbocycles. The van der Waals surface area contributed by atoms with Crippen LogP contribution in [0, 0.1) is 25.7 Å². The van der Waals surface area contributed by atoms with E-state index in [2.05, 4.69) is 20.5 Å². The zero-order valence-electron chi connectivity index (χ0n) is 14.6. The number of amides is 1. The Hall–Kier alpha value is -2.88. The summed E-state index contributed by atoms with van der Waals surface area (Å²) in [4.78, 5) is 18.5. The first-order chi connectivity index (χ1) is 12.8. The smallest absolute Gasteiger partial charge is 0.263 e. The zero-order valence-corrected chi connectivity index (χ0v) is 15.4. The third-order valence-electron chi connectivity index (χ3n) is 4.67. The van der Waals surface area contributed by atoms with Crippen molar-refractivity contribution in [2.24, 2.45) is 0 Å². The molecule has 0 aliphatic carbocycles. The van der Waals surface area contributed by atoms with Gasteiger partial charge in [0, 0.05) is 36.3 Å². The van der Waals surface area contributed by atoms with Gasteiger partial charge in [-0.25, -0.2) is 0 Å². The van der Waals surface area contributed by atoms with Gasteiger partial charge in [-0.05, 0) is 19.4 Å². The van der Waals surface area contributed by atoms with Crippen molar-refractivity contribution in [2.75, 3.05) is 23.7 Å². The molecule has 3 aromatic heterocycles. The summed E-state index contributed by atoms with van der Waals surface area (Å²) in [5, 5.41) is 11.8. The monoisotopic (exact) mass is 390 g/mol. The van der Waals surface area contributed by atoms with Gasteiger partial charge in [-0.3, -0.25) is 4.79 Å². The highest BCUT2D eigenvalue weighted by Gasteiger charge is 2.30. The Morgan fingerprint density at radius 2 is 1.93 bits per heavy atom. The maximum atomic E-state index is 13.2. The molecule has 0 atom stereocenters. The van der Waals surface area contributed by atoms with E-state index >= 15 is 0 Å². The minimum Gasteiger partial charge on any atom is -0.397 e. The second-order valence-corrected chi connectivity index (χ2v) is 7.48. The second-order valence-electron chi connectivity index (χ2n) is 6.48. The van der Waals surface area contributed by atoms with Crippen LogP contribution in [-0.2, 0) is 0 Å². The second kappa shape index (κ2) is 6.38. The van der Waals surface area contributed by atoms with Gasteiger partial charge in [-0.15, -0.1) is 16.4 Å². The van der Waals surface area contributed by atoms with Gasteiger partial charge in [0.15, 0.2) is 0 Å². The van der Waals surface area contributed by atoms with Gasteiger partial charge in [0.2, 0.25) is 11.9 Å². The van der Waals surface area contributed by atoms with Crippen LogP contribution in [0.5, 0.6) is 0 Å². The van der Waals surface area contributed by atoms with Crippen molar-refractivity contribution in [1.82, 2.24) is 20.5 Å². The van der Waals surface area contributed by atoms with Gasteiger partial charge in [-0.2, -0.15) is 18.9 Å². The van der Waals surface area contributed by atoms with Crippen molar-refractivity contribution in [1.29, 1.82) is 0 Å². The predicted octanol–water partition coefficient (Wildman–Crippen LogP) is 2.18. The number of anilines is 2. The summed E-state index contributed by atoms with van der Waals surface area (Å²) in [7, 11) is 0. The highest BCUT2D eigenvalue weighted by atomic mass is 32.1. The number of hydrogen-bond donors (Lipinski definition) is 2. The standard InChI is InChI=1S/C17H16F2N6OS/c1-7-8(2)23-24-17-13(7)14(20)15(27-17)16(26)21-9-5-25(6-9)10-3-11(18)22-12(19)4-10/h3-4,9H,5-6,20H2,1-2H3,(H,21,26). The lowest BCUT2D eigenvalue weighted by molar-refractivity contribution is 0.0935. The number of nitrogens with zero attached hydrogens (tertiary/aromatic N) is 4. The van der Waals surface area contributed by atoms with Crippen LogP contribution in [0.1, 0.15) is 20.9 Å². The lowest BCUT2D eigenvalue weighted by Crippen LogP contribution is -2.59. The maximum absolute atomic E-state index is 13.2. The molecule has 1 amide bonds. The number of nitrogen functional groups attached to an aromatic ring is 1. The molecule has 3 N–H and O–H groups in total. The van der Waals surface area contributed by atoms with Gasteiger partial charge in [0.1, 0.15) is 9.71 Å². The molecule has 0 bridgehead atoms. The Kier molecular flexibility index (Phi) is 4.14. The molecule has 1 saturated heterocycles. The Labute approximate surface area is 157 Å². The van der Waals surface area contributed by atoms with Gasteiger partial charge >= 0.3 is 0 Å². The van der Waals surface area contributed by atoms with Crippen LogP contribution in [0.4, 0.5) is 20.2 Å². The quantitative estimate of drug-likeness (QED) is 0.666.